The summed E-state index contributed by atoms with van der Waals surface area (Å²) >= 11 is 1.87. The maximum Gasteiger partial charge on any atom is 0.135 e. The monoisotopic (exact) mass is 745 g/mol. The number of anilines is 3. The van der Waals surface area contributed by atoms with E-state index in [1.165, 1.54) is 59.1 Å². The number of nitrogens with zero attached hydrogens (tertiary/aromatic N) is 1. The van der Waals surface area contributed by atoms with Gasteiger partial charge in [0.2, 0.25) is 0 Å². The number of para-hydroxylation sites is 1. The fourth-order valence-electron chi connectivity index (χ4n) is 8.26. The molecule has 0 fully saturated rings. The molecule has 2 aromatic heterocycles. The second kappa shape index (κ2) is 13.8. The molecule has 0 N–H and O–H groups in total. The van der Waals surface area contributed by atoms with Crippen LogP contribution in [0.15, 0.2) is 217 Å². The maximum absolute atomic E-state index is 6.30. The van der Waals surface area contributed by atoms with Gasteiger partial charge in [0.25, 0.3) is 0 Å². The summed E-state index contributed by atoms with van der Waals surface area (Å²) in [5, 5.41) is 4.80. The van der Waals surface area contributed by atoms with Crippen molar-refractivity contribution in [2.75, 3.05) is 4.90 Å². The summed E-state index contributed by atoms with van der Waals surface area (Å²) in [4.78, 5) is 2.39. The molecule has 0 aliphatic carbocycles. The summed E-state index contributed by atoms with van der Waals surface area (Å²) in [6, 6.07) is 76.5. The highest BCUT2D eigenvalue weighted by Crippen LogP contribution is 2.45. The van der Waals surface area contributed by atoms with Gasteiger partial charge in [-0.25, -0.2) is 0 Å². The van der Waals surface area contributed by atoms with Crippen LogP contribution in [-0.4, -0.2) is 0 Å². The van der Waals surface area contributed by atoms with E-state index in [1.807, 2.05) is 23.5 Å². The van der Waals surface area contributed by atoms with Gasteiger partial charge in [0.05, 0.1) is 0 Å². The van der Waals surface area contributed by atoms with E-state index < -0.39 is 0 Å². The van der Waals surface area contributed by atoms with Crippen molar-refractivity contribution in [1.29, 1.82) is 0 Å². The van der Waals surface area contributed by atoms with Crippen LogP contribution in [0.2, 0.25) is 0 Å². The summed E-state index contributed by atoms with van der Waals surface area (Å²) in [6.07, 6.45) is 0. The minimum Gasteiger partial charge on any atom is -0.456 e. The molecule has 0 spiro atoms. The van der Waals surface area contributed by atoms with Crippen molar-refractivity contribution in [3.63, 3.8) is 0 Å². The molecular formula is C54H35NOS. The minimum atomic E-state index is 0.879. The maximum atomic E-state index is 6.30. The largest absolute Gasteiger partial charge is 0.456 e. The van der Waals surface area contributed by atoms with E-state index in [-0.39, 0.29) is 0 Å². The highest BCUT2D eigenvalue weighted by molar-refractivity contribution is 7.26. The van der Waals surface area contributed by atoms with E-state index in [9.17, 15) is 0 Å². The molecule has 268 valence electrons. The molecule has 11 rings (SSSR count). The molecule has 0 aliphatic heterocycles. The predicted octanol–water partition coefficient (Wildman–Crippen LogP) is 16.1. The molecule has 0 radical (unpaired) electrons. The molecule has 3 heteroatoms. The molecule has 0 aliphatic rings. The quantitative estimate of drug-likeness (QED) is 0.162. The van der Waals surface area contributed by atoms with Crippen LogP contribution in [0.4, 0.5) is 17.1 Å². The summed E-state index contributed by atoms with van der Waals surface area (Å²) in [5.41, 5.74) is 14.5. The van der Waals surface area contributed by atoms with Crippen LogP contribution in [0.5, 0.6) is 0 Å². The van der Waals surface area contributed by atoms with E-state index >= 15 is 0 Å². The molecule has 0 amide bonds. The predicted molar refractivity (Wildman–Crippen MR) is 243 cm³/mol. The lowest BCUT2D eigenvalue weighted by Gasteiger charge is -2.27. The number of hydrogen-bond acceptors (Lipinski definition) is 3. The Morgan fingerprint density at radius 3 is 1.60 bits per heavy atom. The van der Waals surface area contributed by atoms with Crippen LogP contribution in [-0.2, 0) is 0 Å². The molecule has 0 saturated carbocycles. The molecule has 0 atom stereocenters. The standard InChI is InChI=1S/C54H35NOS/c1-3-12-36(13-4-1)38-22-24-39(25-23-38)40-26-28-43(29-27-40)55(44-30-31-52-50(35-44)47-16-7-9-20-51(47)56-52)45-33-41(37-14-5-2-6-15-37)32-42(34-45)46-18-11-19-49-48-17-8-10-21-53(48)57-54(46)49/h1-35H. The van der Waals surface area contributed by atoms with Gasteiger partial charge in [0.15, 0.2) is 0 Å². The third-order valence-corrected chi connectivity index (χ3v) is 12.3. The van der Waals surface area contributed by atoms with Gasteiger partial charge in [-0.15, -0.1) is 11.3 Å². The van der Waals surface area contributed by atoms with E-state index in [0.29, 0.717) is 0 Å². The lowest BCUT2D eigenvalue weighted by molar-refractivity contribution is 0.669. The van der Waals surface area contributed by atoms with Crippen molar-refractivity contribution in [3.8, 4) is 44.5 Å². The number of benzene rings is 9. The normalized spacial score (nSPS) is 11.5. The van der Waals surface area contributed by atoms with E-state index in [2.05, 4.69) is 205 Å². The van der Waals surface area contributed by atoms with Crippen LogP contribution in [0.25, 0.3) is 86.6 Å². The Hall–Kier alpha value is -7.20. The number of thiophene rings is 1. The van der Waals surface area contributed by atoms with E-state index in [0.717, 1.165) is 44.6 Å². The van der Waals surface area contributed by atoms with Crippen LogP contribution >= 0.6 is 11.3 Å². The first kappa shape index (κ1) is 33.2. The summed E-state index contributed by atoms with van der Waals surface area (Å²) < 4.78 is 8.91. The molecule has 57 heavy (non-hydrogen) atoms. The van der Waals surface area contributed by atoms with Crippen molar-refractivity contribution < 1.29 is 4.42 Å². The molecule has 9 aromatic carbocycles. The lowest BCUT2D eigenvalue weighted by Crippen LogP contribution is -2.10. The average Bonchev–Trinajstić information content (AvgIpc) is 3.86. The van der Waals surface area contributed by atoms with E-state index in [1.54, 1.807) is 0 Å². The second-order valence-electron chi connectivity index (χ2n) is 14.5. The molecule has 0 saturated heterocycles. The third kappa shape index (κ3) is 5.97. The van der Waals surface area contributed by atoms with Crippen molar-refractivity contribution >= 4 is 70.5 Å². The van der Waals surface area contributed by atoms with Gasteiger partial charge in [0.1, 0.15) is 11.2 Å². The molecule has 2 heterocycles. The Balaban J connectivity index is 1.10. The Kier molecular flexibility index (Phi) is 8.04. The molecule has 0 unspecified atom stereocenters. The van der Waals surface area contributed by atoms with Crippen molar-refractivity contribution in [2.24, 2.45) is 0 Å². The first-order valence-electron chi connectivity index (χ1n) is 19.3. The topological polar surface area (TPSA) is 16.4 Å². The summed E-state index contributed by atoms with van der Waals surface area (Å²) in [7, 11) is 0. The zero-order valence-corrected chi connectivity index (χ0v) is 31.8. The number of rotatable bonds is 7. The van der Waals surface area contributed by atoms with Gasteiger partial charge in [-0.2, -0.15) is 0 Å². The lowest BCUT2D eigenvalue weighted by atomic mass is 9.96. The smallest absolute Gasteiger partial charge is 0.135 e. The zero-order chi connectivity index (χ0) is 37.7. The van der Waals surface area contributed by atoms with Gasteiger partial charge < -0.3 is 9.32 Å². The van der Waals surface area contributed by atoms with Crippen molar-refractivity contribution in [1.82, 2.24) is 0 Å². The van der Waals surface area contributed by atoms with Crippen LogP contribution in [0, 0.1) is 0 Å². The number of hydrogen-bond donors (Lipinski definition) is 0. The SMILES string of the molecule is c1ccc(-c2ccc(-c3ccc(N(c4cc(-c5ccccc5)cc(-c5cccc6c5sc5ccccc56)c4)c4ccc5oc6ccccc6c5c4)cc3)cc2)cc1. The van der Waals surface area contributed by atoms with E-state index in [4.69, 9.17) is 4.42 Å². The highest BCUT2D eigenvalue weighted by Gasteiger charge is 2.19. The van der Waals surface area contributed by atoms with Crippen LogP contribution in [0.3, 0.4) is 0 Å². The Morgan fingerprint density at radius 1 is 0.316 bits per heavy atom. The number of fused-ring (bicyclic) bond motifs is 6. The fourth-order valence-corrected chi connectivity index (χ4v) is 9.49. The fraction of sp³-hybridized carbons (Fsp3) is 0. The second-order valence-corrected chi connectivity index (χ2v) is 15.6. The van der Waals surface area contributed by atoms with Crippen molar-refractivity contribution in [3.05, 3.63) is 212 Å². The van der Waals surface area contributed by atoms with Gasteiger partial charge in [-0.1, -0.05) is 152 Å². The van der Waals surface area contributed by atoms with Crippen LogP contribution < -0.4 is 4.90 Å². The van der Waals surface area contributed by atoms with Gasteiger partial charge in [-0.05, 0) is 105 Å². The van der Waals surface area contributed by atoms with Gasteiger partial charge >= 0.3 is 0 Å². The summed E-state index contributed by atoms with van der Waals surface area (Å²) in [5.74, 6) is 0. The first-order valence-corrected chi connectivity index (χ1v) is 20.1. The number of furan rings is 1. The summed E-state index contributed by atoms with van der Waals surface area (Å²) in [6.45, 7) is 0. The molecular weight excluding hydrogens is 711 g/mol. The van der Waals surface area contributed by atoms with Gasteiger partial charge in [-0.3, -0.25) is 0 Å². The molecule has 11 aromatic rings. The van der Waals surface area contributed by atoms with Crippen molar-refractivity contribution in [2.45, 2.75) is 0 Å². The average molecular weight is 746 g/mol. The minimum absolute atomic E-state index is 0.879. The third-order valence-electron chi connectivity index (χ3n) is 11.1. The molecule has 0 bridgehead atoms. The first-order chi connectivity index (χ1) is 28.2. The van der Waals surface area contributed by atoms with Gasteiger partial charge in [0, 0.05) is 48.0 Å². The zero-order valence-electron chi connectivity index (χ0n) is 31.0. The highest BCUT2D eigenvalue weighted by atomic mass is 32.1. The Labute approximate surface area is 335 Å². The Morgan fingerprint density at radius 2 is 0.860 bits per heavy atom. The van der Waals surface area contributed by atoms with Crippen LogP contribution in [0.1, 0.15) is 0 Å². The molecule has 2 nitrogen and oxygen atoms in total. The Bertz CT molecular complexity index is 3210.